The van der Waals surface area contributed by atoms with E-state index in [1.54, 1.807) is 12.1 Å². The molecule has 2 unspecified atom stereocenters. The summed E-state index contributed by atoms with van der Waals surface area (Å²) in [4.78, 5) is 22.5. The number of carbonyl (C=O) groups is 1. The number of amides is 1. The van der Waals surface area contributed by atoms with Gasteiger partial charge in [0.15, 0.2) is 0 Å². The molecular formula is C13H18ClN3O3. The summed E-state index contributed by atoms with van der Waals surface area (Å²) in [5.74, 6) is -0.0131. The summed E-state index contributed by atoms with van der Waals surface area (Å²) < 4.78 is 0. The fourth-order valence-corrected chi connectivity index (χ4v) is 2.25. The largest absolute Gasteiger partial charge is 0.348 e. The van der Waals surface area contributed by atoms with Crippen LogP contribution in [0.2, 0.25) is 0 Å². The van der Waals surface area contributed by atoms with Crippen molar-refractivity contribution in [3.05, 3.63) is 39.9 Å². The van der Waals surface area contributed by atoms with E-state index in [-0.39, 0.29) is 35.6 Å². The van der Waals surface area contributed by atoms with Crippen LogP contribution >= 0.6 is 12.4 Å². The Labute approximate surface area is 123 Å². The second kappa shape index (κ2) is 7.21. The van der Waals surface area contributed by atoms with E-state index in [0.29, 0.717) is 12.5 Å². The molecule has 0 aromatic heterocycles. The van der Waals surface area contributed by atoms with Crippen LogP contribution in [0.25, 0.3) is 0 Å². The molecule has 1 aliphatic heterocycles. The van der Waals surface area contributed by atoms with Gasteiger partial charge < -0.3 is 10.6 Å². The highest BCUT2D eigenvalue weighted by molar-refractivity contribution is 5.98. The lowest BCUT2D eigenvalue weighted by molar-refractivity contribution is -0.385. The minimum atomic E-state index is -0.530. The Morgan fingerprint density at radius 2 is 2.15 bits per heavy atom. The van der Waals surface area contributed by atoms with Crippen molar-refractivity contribution in [2.45, 2.75) is 19.4 Å². The van der Waals surface area contributed by atoms with Gasteiger partial charge in [0.05, 0.1) is 4.92 Å². The SMILES string of the molecule is CC1CCNCC1NC(=O)c1ccccc1[N+](=O)[O-].Cl. The number of carbonyl (C=O) groups excluding carboxylic acids is 1. The molecule has 0 aliphatic carbocycles. The summed E-state index contributed by atoms with van der Waals surface area (Å²) >= 11 is 0. The van der Waals surface area contributed by atoms with Gasteiger partial charge in [-0.2, -0.15) is 0 Å². The first kappa shape index (κ1) is 16.4. The molecule has 1 heterocycles. The second-order valence-corrected chi connectivity index (χ2v) is 4.82. The number of para-hydroxylation sites is 1. The maximum atomic E-state index is 12.1. The summed E-state index contributed by atoms with van der Waals surface area (Å²) in [7, 11) is 0. The molecule has 0 saturated carbocycles. The quantitative estimate of drug-likeness (QED) is 0.658. The third-order valence-corrected chi connectivity index (χ3v) is 3.49. The first-order valence-corrected chi connectivity index (χ1v) is 6.34. The molecule has 0 bridgehead atoms. The number of piperidine rings is 1. The Morgan fingerprint density at radius 3 is 2.80 bits per heavy atom. The molecule has 2 atom stereocenters. The van der Waals surface area contributed by atoms with Crippen molar-refractivity contribution in [2.75, 3.05) is 13.1 Å². The topological polar surface area (TPSA) is 84.3 Å². The Kier molecular flexibility index (Phi) is 5.91. The molecule has 1 aliphatic rings. The average Bonchev–Trinajstić information content (AvgIpc) is 2.41. The minimum absolute atomic E-state index is 0. The first-order chi connectivity index (χ1) is 9.09. The predicted octanol–water partition coefficient (Wildman–Crippen LogP) is 1.74. The van der Waals surface area contributed by atoms with E-state index in [1.807, 2.05) is 0 Å². The lowest BCUT2D eigenvalue weighted by Crippen LogP contribution is -2.50. The molecular weight excluding hydrogens is 282 g/mol. The smallest absolute Gasteiger partial charge is 0.282 e. The van der Waals surface area contributed by atoms with Crippen molar-refractivity contribution in [1.29, 1.82) is 0 Å². The maximum absolute atomic E-state index is 12.1. The van der Waals surface area contributed by atoms with Crippen molar-refractivity contribution in [2.24, 2.45) is 5.92 Å². The molecule has 7 heteroatoms. The molecule has 0 radical (unpaired) electrons. The molecule has 1 fully saturated rings. The Balaban J connectivity index is 0.00000200. The van der Waals surface area contributed by atoms with Crippen LogP contribution in [0.5, 0.6) is 0 Å². The fraction of sp³-hybridized carbons (Fsp3) is 0.462. The lowest BCUT2D eigenvalue weighted by Gasteiger charge is -2.30. The number of hydrogen-bond acceptors (Lipinski definition) is 4. The number of rotatable bonds is 3. The monoisotopic (exact) mass is 299 g/mol. The zero-order valence-corrected chi connectivity index (χ0v) is 12.0. The third-order valence-electron chi connectivity index (χ3n) is 3.49. The van der Waals surface area contributed by atoms with E-state index in [2.05, 4.69) is 17.6 Å². The summed E-state index contributed by atoms with van der Waals surface area (Å²) in [6, 6.07) is 6.02. The first-order valence-electron chi connectivity index (χ1n) is 6.34. The summed E-state index contributed by atoms with van der Waals surface area (Å²) in [6.45, 7) is 3.72. The number of halogens is 1. The highest BCUT2D eigenvalue weighted by Gasteiger charge is 2.26. The van der Waals surface area contributed by atoms with Gasteiger partial charge in [-0.1, -0.05) is 19.1 Å². The van der Waals surface area contributed by atoms with E-state index in [9.17, 15) is 14.9 Å². The molecule has 1 amide bonds. The summed E-state index contributed by atoms with van der Waals surface area (Å²) in [6.07, 6.45) is 0.988. The number of nitrogens with zero attached hydrogens (tertiary/aromatic N) is 1. The van der Waals surface area contributed by atoms with Gasteiger partial charge in [0.25, 0.3) is 11.6 Å². The molecule has 110 valence electrons. The fourth-order valence-electron chi connectivity index (χ4n) is 2.25. The van der Waals surface area contributed by atoms with Crippen molar-refractivity contribution in [3.8, 4) is 0 Å². The van der Waals surface area contributed by atoms with Gasteiger partial charge in [-0.15, -0.1) is 12.4 Å². The van der Waals surface area contributed by atoms with Crippen molar-refractivity contribution in [1.82, 2.24) is 10.6 Å². The molecule has 6 nitrogen and oxygen atoms in total. The van der Waals surface area contributed by atoms with Crippen LogP contribution in [-0.4, -0.2) is 30.0 Å². The van der Waals surface area contributed by atoms with E-state index < -0.39 is 4.92 Å². The van der Waals surface area contributed by atoms with Gasteiger partial charge in [-0.05, 0) is 24.9 Å². The van der Waals surface area contributed by atoms with Crippen LogP contribution in [-0.2, 0) is 0 Å². The Morgan fingerprint density at radius 1 is 1.45 bits per heavy atom. The normalized spacial score (nSPS) is 21.6. The van der Waals surface area contributed by atoms with Crippen LogP contribution < -0.4 is 10.6 Å². The minimum Gasteiger partial charge on any atom is -0.348 e. The number of nitro benzene ring substituents is 1. The van der Waals surface area contributed by atoms with Crippen LogP contribution in [0.15, 0.2) is 24.3 Å². The zero-order valence-electron chi connectivity index (χ0n) is 11.2. The van der Waals surface area contributed by atoms with E-state index in [4.69, 9.17) is 0 Å². The van der Waals surface area contributed by atoms with Gasteiger partial charge in [-0.25, -0.2) is 0 Å². The van der Waals surface area contributed by atoms with E-state index in [0.717, 1.165) is 13.0 Å². The highest BCUT2D eigenvalue weighted by atomic mass is 35.5. The summed E-state index contributed by atoms with van der Waals surface area (Å²) in [5, 5.41) is 17.0. The number of benzene rings is 1. The number of nitrogens with one attached hydrogen (secondary N) is 2. The number of hydrogen-bond donors (Lipinski definition) is 2. The van der Waals surface area contributed by atoms with Crippen LogP contribution in [0.1, 0.15) is 23.7 Å². The van der Waals surface area contributed by atoms with Crippen LogP contribution in [0, 0.1) is 16.0 Å². The molecule has 1 aromatic rings. The molecule has 1 aromatic carbocycles. The van der Waals surface area contributed by atoms with Gasteiger partial charge in [-0.3, -0.25) is 14.9 Å². The molecule has 2 N–H and O–H groups in total. The Bertz CT molecular complexity index is 496. The van der Waals surface area contributed by atoms with Gasteiger partial charge in [0, 0.05) is 18.7 Å². The standard InChI is InChI=1S/C13H17N3O3.ClH/c1-9-6-7-14-8-11(9)15-13(17)10-4-2-3-5-12(10)16(18)19;/h2-5,9,11,14H,6-8H2,1H3,(H,15,17);1H. The molecule has 0 spiro atoms. The zero-order chi connectivity index (χ0) is 13.8. The number of nitro groups is 1. The van der Waals surface area contributed by atoms with Gasteiger partial charge >= 0.3 is 0 Å². The van der Waals surface area contributed by atoms with Crippen molar-refractivity contribution in [3.63, 3.8) is 0 Å². The lowest BCUT2D eigenvalue weighted by atomic mass is 9.94. The molecule has 2 rings (SSSR count). The highest BCUT2D eigenvalue weighted by Crippen LogP contribution is 2.18. The second-order valence-electron chi connectivity index (χ2n) is 4.82. The average molecular weight is 300 g/mol. The predicted molar refractivity (Wildman–Crippen MR) is 78.2 cm³/mol. The Hall–Kier alpha value is -1.66. The summed E-state index contributed by atoms with van der Waals surface area (Å²) in [5.41, 5.74) is -0.0401. The van der Waals surface area contributed by atoms with E-state index in [1.165, 1.54) is 12.1 Å². The molecule has 20 heavy (non-hydrogen) atoms. The van der Waals surface area contributed by atoms with Gasteiger partial charge in [0.2, 0.25) is 0 Å². The maximum Gasteiger partial charge on any atom is 0.282 e. The van der Waals surface area contributed by atoms with Crippen LogP contribution in [0.4, 0.5) is 5.69 Å². The molecule has 1 saturated heterocycles. The van der Waals surface area contributed by atoms with E-state index >= 15 is 0 Å². The third kappa shape index (κ3) is 3.68. The van der Waals surface area contributed by atoms with Crippen LogP contribution in [0.3, 0.4) is 0 Å². The van der Waals surface area contributed by atoms with Gasteiger partial charge in [0.1, 0.15) is 5.56 Å². The van der Waals surface area contributed by atoms with Crippen molar-refractivity contribution >= 4 is 24.0 Å². The van der Waals surface area contributed by atoms with Crippen molar-refractivity contribution < 1.29 is 9.72 Å².